The highest BCUT2D eigenvalue weighted by molar-refractivity contribution is 5.08. The van der Waals surface area contributed by atoms with E-state index in [0.717, 1.165) is 17.9 Å². The van der Waals surface area contributed by atoms with Crippen molar-refractivity contribution in [3.8, 4) is 0 Å². The van der Waals surface area contributed by atoms with Crippen LogP contribution >= 0.6 is 0 Å². The van der Waals surface area contributed by atoms with Crippen LogP contribution in [-0.4, -0.2) is 22.4 Å². The fourth-order valence-corrected chi connectivity index (χ4v) is 4.80. The van der Waals surface area contributed by atoms with Gasteiger partial charge in [-0.25, -0.2) is 0 Å². The van der Waals surface area contributed by atoms with E-state index in [1.807, 2.05) is 11.7 Å². The molecule has 1 heterocycles. The lowest BCUT2D eigenvalue weighted by Gasteiger charge is -2.38. The third-order valence-electron chi connectivity index (χ3n) is 6.09. The second-order valence-electron chi connectivity index (χ2n) is 7.62. The van der Waals surface area contributed by atoms with Crippen LogP contribution in [0.25, 0.3) is 0 Å². The predicted octanol–water partition coefficient (Wildman–Crippen LogP) is 2.91. The van der Waals surface area contributed by atoms with Crippen molar-refractivity contribution in [1.82, 2.24) is 15.1 Å². The summed E-state index contributed by atoms with van der Waals surface area (Å²) in [6.07, 6.45) is 15.6. The number of nitrogens with one attached hydrogen (secondary N) is 1. The molecule has 110 valence electrons. The van der Waals surface area contributed by atoms with Gasteiger partial charge in [0.05, 0.1) is 6.20 Å². The normalized spacial score (nSPS) is 35.9. The SMILES string of the molecule is Cn1cc(CCC2(CNC3CC3)CC3CCC2C3)cn1. The standard InChI is InChI=1S/C17H27N3/c1-20-11-14(10-19-20)6-7-17(12-18-16-4-5-16)9-13-2-3-15(17)8-13/h10-11,13,15-16,18H,2-9,12H2,1H3. The van der Waals surface area contributed by atoms with Gasteiger partial charge in [0.1, 0.15) is 0 Å². The highest BCUT2D eigenvalue weighted by Gasteiger charge is 2.50. The monoisotopic (exact) mass is 273 g/mol. The van der Waals surface area contributed by atoms with Gasteiger partial charge in [0.25, 0.3) is 0 Å². The van der Waals surface area contributed by atoms with Gasteiger partial charge in [0.2, 0.25) is 0 Å². The van der Waals surface area contributed by atoms with Crippen molar-refractivity contribution >= 4 is 0 Å². The van der Waals surface area contributed by atoms with Gasteiger partial charge >= 0.3 is 0 Å². The molecule has 2 bridgehead atoms. The van der Waals surface area contributed by atoms with E-state index in [9.17, 15) is 0 Å². The number of hydrogen-bond acceptors (Lipinski definition) is 2. The second kappa shape index (κ2) is 4.87. The Morgan fingerprint density at radius 2 is 2.25 bits per heavy atom. The zero-order chi connectivity index (χ0) is 13.6. The molecule has 3 fully saturated rings. The number of nitrogens with zero attached hydrogens (tertiary/aromatic N) is 2. The first-order valence-electron chi connectivity index (χ1n) is 8.44. The molecule has 4 rings (SSSR count). The molecule has 1 aromatic heterocycles. The van der Waals surface area contributed by atoms with Crippen molar-refractivity contribution in [2.24, 2.45) is 24.3 Å². The smallest absolute Gasteiger partial charge is 0.0521 e. The van der Waals surface area contributed by atoms with Crippen molar-refractivity contribution in [2.45, 2.75) is 57.4 Å². The van der Waals surface area contributed by atoms with Crippen LogP contribution in [0.15, 0.2) is 12.4 Å². The zero-order valence-electron chi connectivity index (χ0n) is 12.6. The molecule has 0 amide bonds. The Bertz CT molecular complexity index is 476. The quantitative estimate of drug-likeness (QED) is 0.863. The van der Waals surface area contributed by atoms with E-state index in [4.69, 9.17) is 0 Å². The summed E-state index contributed by atoms with van der Waals surface area (Å²) >= 11 is 0. The topological polar surface area (TPSA) is 29.9 Å². The summed E-state index contributed by atoms with van der Waals surface area (Å²) in [7, 11) is 2.02. The van der Waals surface area contributed by atoms with E-state index < -0.39 is 0 Å². The molecule has 1 aromatic rings. The first kappa shape index (κ1) is 12.9. The van der Waals surface area contributed by atoms with Crippen molar-refractivity contribution in [3.63, 3.8) is 0 Å². The largest absolute Gasteiger partial charge is 0.313 e. The molecule has 3 saturated carbocycles. The summed E-state index contributed by atoms with van der Waals surface area (Å²) in [6.45, 7) is 1.28. The van der Waals surface area contributed by atoms with Gasteiger partial charge in [0.15, 0.2) is 0 Å². The third kappa shape index (κ3) is 2.41. The van der Waals surface area contributed by atoms with Gasteiger partial charge in [-0.1, -0.05) is 6.42 Å². The van der Waals surface area contributed by atoms with Crippen LogP contribution in [0.3, 0.4) is 0 Å². The molecular formula is C17H27N3. The molecule has 1 N–H and O–H groups in total. The number of rotatable bonds is 6. The lowest BCUT2D eigenvalue weighted by Crippen LogP contribution is -2.40. The Hall–Kier alpha value is -0.830. The summed E-state index contributed by atoms with van der Waals surface area (Å²) in [5.74, 6) is 2.03. The zero-order valence-corrected chi connectivity index (χ0v) is 12.6. The highest BCUT2D eigenvalue weighted by atomic mass is 15.2. The van der Waals surface area contributed by atoms with E-state index >= 15 is 0 Å². The lowest BCUT2D eigenvalue weighted by molar-refractivity contribution is 0.142. The molecule has 0 aromatic carbocycles. The Balaban J connectivity index is 1.43. The first-order valence-corrected chi connectivity index (χ1v) is 8.44. The van der Waals surface area contributed by atoms with Gasteiger partial charge in [-0.05, 0) is 67.8 Å². The minimum Gasteiger partial charge on any atom is -0.313 e. The van der Waals surface area contributed by atoms with Gasteiger partial charge in [0, 0.05) is 25.8 Å². The first-order chi connectivity index (χ1) is 9.73. The van der Waals surface area contributed by atoms with E-state index in [1.165, 1.54) is 63.5 Å². The molecule has 0 spiro atoms. The van der Waals surface area contributed by atoms with Gasteiger partial charge in [-0.3, -0.25) is 4.68 Å². The third-order valence-corrected chi connectivity index (χ3v) is 6.09. The molecule has 3 heteroatoms. The maximum absolute atomic E-state index is 4.32. The van der Waals surface area contributed by atoms with E-state index in [2.05, 4.69) is 22.8 Å². The summed E-state index contributed by atoms with van der Waals surface area (Å²) in [4.78, 5) is 0. The van der Waals surface area contributed by atoms with Gasteiger partial charge in [-0.2, -0.15) is 5.10 Å². The Kier molecular flexibility index (Phi) is 3.13. The highest BCUT2D eigenvalue weighted by Crippen LogP contribution is 2.57. The average molecular weight is 273 g/mol. The Labute approximate surface area is 122 Å². The molecule has 20 heavy (non-hydrogen) atoms. The average Bonchev–Trinajstić information content (AvgIpc) is 2.85. The van der Waals surface area contributed by atoms with Crippen LogP contribution in [0.1, 0.15) is 50.5 Å². The molecule has 3 aliphatic rings. The van der Waals surface area contributed by atoms with Crippen LogP contribution in [-0.2, 0) is 13.5 Å². The van der Waals surface area contributed by atoms with Crippen molar-refractivity contribution in [1.29, 1.82) is 0 Å². The second-order valence-corrected chi connectivity index (χ2v) is 7.62. The van der Waals surface area contributed by atoms with Crippen LogP contribution in [0.5, 0.6) is 0 Å². The number of fused-ring (bicyclic) bond motifs is 2. The summed E-state index contributed by atoms with van der Waals surface area (Å²) in [5.41, 5.74) is 2.02. The van der Waals surface area contributed by atoms with Crippen molar-refractivity contribution < 1.29 is 0 Å². The Morgan fingerprint density at radius 3 is 2.85 bits per heavy atom. The molecule has 0 radical (unpaired) electrons. The summed E-state index contributed by atoms with van der Waals surface area (Å²) < 4.78 is 1.94. The summed E-state index contributed by atoms with van der Waals surface area (Å²) in [5, 5.41) is 8.16. The van der Waals surface area contributed by atoms with Gasteiger partial charge in [-0.15, -0.1) is 0 Å². The fourth-order valence-electron chi connectivity index (χ4n) is 4.80. The number of aryl methyl sites for hydroxylation is 2. The number of aromatic nitrogens is 2. The minimum atomic E-state index is 0.599. The molecule has 3 atom stereocenters. The minimum absolute atomic E-state index is 0.599. The number of hydrogen-bond donors (Lipinski definition) is 1. The van der Waals surface area contributed by atoms with Crippen molar-refractivity contribution in [2.75, 3.05) is 6.54 Å². The van der Waals surface area contributed by atoms with Crippen LogP contribution in [0, 0.1) is 17.3 Å². The lowest BCUT2D eigenvalue weighted by atomic mass is 9.69. The van der Waals surface area contributed by atoms with Crippen LogP contribution in [0.4, 0.5) is 0 Å². The van der Waals surface area contributed by atoms with E-state index in [-0.39, 0.29) is 0 Å². The van der Waals surface area contributed by atoms with E-state index in [0.29, 0.717) is 5.41 Å². The molecule has 3 aliphatic carbocycles. The molecule has 0 saturated heterocycles. The predicted molar refractivity (Wildman–Crippen MR) is 80.4 cm³/mol. The molecular weight excluding hydrogens is 246 g/mol. The van der Waals surface area contributed by atoms with Crippen LogP contribution in [0.2, 0.25) is 0 Å². The van der Waals surface area contributed by atoms with Crippen molar-refractivity contribution in [3.05, 3.63) is 18.0 Å². The molecule has 3 nitrogen and oxygen atoms in total. The molecule has 3 unspecified atom stereocenters. The molecule has 0 aliphatic heterocycles. The van der Waals surface area contributed by atoms with Crippen LogP contribution < -0.4 is 5.32 Å². The summed E-state index contributed by atoms with van der Waals surface area (Å²) in [6, 6.07) is 0.851. The fraction of sp³-hybridized carbons (Fsp3) is 0.824. The maximum Gasteiger partial charge on any atom is 0.0521 e. The van der Waals surface area contributed by atoms with Gasteiger partial charge < -0.3 is 5.32 Å². The maximum atomic E-state index is 4.32. The van der Waals surface area contributed by atoms with E-state index in [1.54, 1.807) is 0 Å². The Morgan fingerprint density at radius 1 is 1.35 bits per heavy atom.